The lowest BCUT2D eigenvalue weighted by Gasteiger charge is -2.37. The number of tetrazole rings is 1. The maximum atomic E-state index is 5.64. The van der Waals surface area contributed by atoms with Crippen molar-refractivity contribution in [2.75, 3.05) is 37.7 Å². The molecule has 1 N–H and O–H groups in total. The van der Waals surface area contributed by atoms with Crippen molar-refractivity contribution in [2.24, 2.45) is 0 Å². The maximum absolute atomic E-state index is 5.64. The quantitative estimate of drug-likeness (QED) is 0.650. The molecule has 0 aliphatic carbocycles. The van der Waals surface area contributed by atoms with Gasteiger partial charge >= 0.3 is 0 Å². The van der Waals surface area contributed by atoms with Crippen LogP contribution in [0.25, 0.3) is 0 Å². The van der Waals surface area contributed by atoms with Crippen molar-refractivity contribution in [3.05, 3.63) is 66.0 Å². The fraction of sp³-hybridized carbons (Fsp3) is 0.435. The average molecular weight is 408 g/mol. The third-order valence-electron chi connectivity index (χ3n) is 5.73. The van der Waals surface area contributed by atoms with Gasteiger partial charge in [-0.15, -0.1) is 5.10 Å². The molecule has 2 heterocycles. The molecule has 1 aromatic heterocycles. The van der Waals surface area contributed by atoms with Gasteiger partial charge in [0, 0.05) is 11.3 Å². The topological polar surface area (TPSA) is 60.5 Å². The normalized spacial score (nSPS) is 16.1. The molecular formula is C23H31N6O+. The van der Waals surface area contributed by atoms with Crippen LogP contribution in [0, 0.1) is 0 Å². The maximum Gasteiger partial charge on any atom is 0.214 e. The fourth-order valence-corrected chi connectivity index (χ4v) is 4.23. The van der Waals surface area contributed by atoms with E-state index >= 15 is 0 Å². The molecule has 0 unspecified atom stereocenters. The van der Waals surface area contributed by atoms with Gasteiger partial charge in [-0.3, -0.25) is 0 Å². The van der Waals surface area contributed by atoms with E-state index < -0.39 is 0 Å². The third kappa shape index (κ3) is 4.31. The second-order valence-corrected chi connectivity index (χ2v) is 7.99. The van der Waals surface area contributed by atoms with Crippen molar-refractivity contribution in [3.63, 3.8) is 0 Å². The Morgan fingerprint density at radius 3 is 2.33 bits per heavy atom. The van der Waals surface area contributed by atoms with Crippen LogP contribution in [0.2, 0.25) is 0 Å². The Kier molecular flexibility index (Phi) is 6.28. The number of aromatic nitrogens is 4. The first-order valence-corrected chi connectivity index (χ1v) is 10.8. The van der Waals surface area contributed by atoms with E-state index in [9.17, 15) is 0 Å². The van der Waals surface area contributed by atoms with Gasteiger partial charge in [0.25, 0.3) is 0 Å². The van der Waals surface area contributed by atoms with Gasteiger partial charge in [-0.2, -0.15) is 0 Å². The van der Waals surface area contributed by atoms with Gasteiger partial charge in [0.1, 0.15) is 5.75 Å². The SMILES string of the molecule is CCOc1ccc([C@H](c2nnnn2C(C)C)[NH+]2CCN(c3ccccc3)CC2)cc1. The number of para-hydroxylation sites is 1. The van der Waals surface area contributed by atoms with Gasteiger partial charge in [0.15, 0.2) is 6.04 Å². The van der Waals surface area contributed by atoms with Crippen LogP contribution in [-0.4, -0.2) is 53.0 Å². The lowest BCUT2D eigenvalue weighted by molar-refractivity contribution is -0.927. The molecule has 0 bridgehead atoms. The predicted octanol–water partition coefficient (Wildman–Crippen LogP) is 2.15. The molecule has 0 amide bonds. The largest absolute Gasteiger partial charge is 0.494 e. The van der Waals surface area contributed by atoms with Crippen molar-refractivity contribution in [2.45, 2.75) is 32.9 Å². The number of quaternary nitrogens is 1. The van der Waals surface area contributed by atoms with Crippen LogP contribution >= 0.6 is 0 Å². The van der Waals surface area contributed by atoms with E-state index in [0.717, 1.165) is 37.8 Å². The first kappa shape index (κ1) is 20.3. The number of nitrogens with zero attached hydrogens (tertiary/aromatic N) is 5. The second-order valence-electron chi connectivity index (χ2n) is 7.99. The number of piperazine rings is 1. The number of ether oxygens (including phenoxy) is 1. The minimum atomic E-state index is 0.0935. The summed E-state index contributed by atoms with van der Waals surface area (Å²) in [6.07, 6.45) is 0. The molecule has 1 fully saturated rings. The number of anilines is 1. The molecule has 1 aliphatic heterocycles. The number of benzene rings is 2. The molecule has 0 radical (unpaired) electrons. The summed E-state index contributed by atoms with van der Waals surface area (Å²) in [7, 11) is 0. The summed E-state index contributed by atoms with van der Waals surface area (Å²) in [6.45, 7) is 11.0. The highest BCUT2D eigenvalue weighted by molar-refractivity contribution is 5.46. The molecular weight excluding hydrogens is 376 g/mol. The minimum absolute atomic E-state index is 0.0935. The number of hydrogen-bond donors (Lipinski definition) is 1. The van der Waals surface area contributed by atoms with Crippen molar-refractivity contribution in [1.29, 1.82) is 0 Å². The second kappa shape index (κ2) is 9.26. The zero-order valence-corrected chi connectivity index (χ0v) is 18.0. The first-order valence-electron chi connectivity index (χ1n) is 10.8. The van der Waals surface area contributed by atoms with Gasteiger partial charge in [0.05, 0.1) is 38.8 Å². The molecule has 1 aliphatic rings. The van der Waals surface area contributed by atoms with Crippen LogP contribution in [0.15, 0.2) is 54.6 Å². The Bertz CT molecular complexity index is 916. The van der Waals surface area contributed by atoms with Crippen molar-refractivity contribution < 1.29 is 9.64 Å². The average Bonchev–Trinajstić information content (AvgIpc) is 3.26. The van der Waals surface area contributed by atoms with E-state index in [1.165, 1.54) is 16.2 Å². The smallest absolute Gasteiger partial charge is 0.214 e. The molecule has 7 nitrogen and oxygen atoms in total. The molecule has 3 aromatic rings. The van der Waals surface area contributed by atoms with Gasteiger partial charge in [0.2, 0.25) is 5.82 Å². The van der Waals surface area contributed by atoms with Gasteiger partial charge in [-0.05, 0) is 67.6 Å². The van der Waals surface area contributed by atoms with Crippen LogP contribution in [0.1, 0.15) is 44.2 Å². The molecule has 7 heteroatoms. The van der Waals surface area contributed by atoms with Crippen LogP contribution in [0.4, 0.5) is 5.69 Å². The molecule has 1 atom stereocenters. The summed E-state index contributed by atoms with van der Waals surface area (Å²) >= 11 is 0. The van der Waals surface area contributed by atoms with Gasteiger partial charge < -0.3 is 14.5 Å². The zero-order chi connectivity index (χ0) is 20.9. The number of nitrogens with one attached hydrogen (secondary N) is 1. The summed E-state index contributed by atoms with van der Waals surface area (Å²) in [4.78, 5) is 3.95. The van der Waals surface area contributed by atoms with E-state index in [4.69, 9.17) is 4.74 Å². The van der Waals surface area contributed by atoms with E-state index in [2.05, 4.69) is 88.9 Å². The monoisotopic (exact) mass is 407 g/mol. The van der Waals surface area contributed by atoms with Crippen LogP contribution in [0.5, 0.6) is 5.75 Å². The first-order chi connectivity index (χ1) is 14.7. The molecule has 30 heavy (non-hydrogen) atoms. The molecule has 0 saturated carbocycles. The van der Waals surface area contributed by atoms with Crippen molar-refractivity contribution in [3.8, 4) is 5.75 Å². The molecule has 2 aromatic carbocycles. The Balaban J connectivity index is 1.60. The summed E-state index contributed by atoms with van der Waals surface area (Å²) in [5, 5.41) is 12.7. The third-order valence-corrected chi connectivity index (χ3v) is 5.73. The van der Waals surface area contributed by atoms with Crippen molar-refractivity contribution in [1.82, 2.24) is 20.2 Å². The van der Waals surface area contributed by atoms with Crippen LogP contribution < -0.4 is 14.5 Å². The van der Waals surface area contributed by atoms with E-state index in [-0.39, 0.29) is 12.1 Å². The summed E-state index contributed by atoms with van der Waals surface area (Å²) < 4.78 is 7.60. The highest BCUT2D eigenvalue weighted by Gasteiger charge is 2.34. The Labute approximate surface area is 178 Å². The minimum Gasteiger partial charge on any atom is -0.494 e. The van der Waals surface area contributed by atoms with Crippen molar-refractivity contribution >= 4 is 5.69 Å². The Morgan fingerprint density at radius 2 is 1.70 bits per heavy atom. The van der Waals surface area contributed by atoms with Gasteiger partial charge in [-0.25, -0.2) is 4.68 Å². The summed E-state index contributed by atoms with van der Waals surface area (Å²) in [6, 6.07) is 19.4. The molecule has 0 spiro atoms. The predicted molar refractivity (Wildman–Crippen MR) is 117 cm³/mol. The van der Waals surface area contributed by atoms with E-state index in [1.807, 2.05) is 11.6 Å². The molecule has 4 rings (SSSR count). The number of hydrogen-bond acceptors (Lipinski definition) is 5. The lowest BCUT2D eigenvalue weighted by atomic mass is 10.0. The zero-order valence-electron chi connectivity index (χ0n) is 18.0. The fourth-order valence-electron chi connectivity index (χ4n) is 4.23. The standard InChI is InChI=1S/C23H30N6O/c1-4-30-21-12-10-19(11-13-21)22(23-24-25-26-29(23)18(2)3)28-16-14-27(15-17-28)20-8-6-5-7-9-20/h5-13,18,22H,4,14-17H2,1-3H3/p+1/t22-/m1/s1. The summed E-state index contributed by atoms with van der Waals surface area (Å²) in [5.74, 6) is 1.82. The van der Waals surface area contributed by atoms with Crippen LogP contribution in [-0.2, 0) is 0 Å². The van der Waals surface area contributed by atoms with E-state index in [0.29, 0.717) is 6.61 Å². The Morgan fingerprint density at radius 1 is 1.00 bits per heavy atom. The lowest BCUT2D eigenvalue weighted by Crippen LogP contribution is -3.15. The Hall–Kier alpha value is -2.93. The number of rotatable bonds is 7. The van der Waals surface area contributed by atoms with Crippen LogP contribution in [0.3, 0.4) is 0 Å². The highest BCUT2D eigenvalue weighted by atomic mass is 16.5. The molecule has 1 saturated heterocycles. The van der Waals surface area contributed by atoms with E-state index in [1.54, 1.807) is 0 Å². The molecule has 158 valence electrons. The van der Waals surface area contributed by atoms with Gasteiger partial charge in [-0.1, -0.05) is 18.2 Å². The highest BCUT2D eigenvalue weighted by Crippen LogP contribution is 2.23. The summed E-state index contributed by atoms with van der Waals surface area (Å²) in [5.41, 5.74) is 2.51.